The molecule has 0 saturated carbocycles. The van der Waals surface area contributed by atoms with E-state index in [1.54, 1.807) is 18.2 Å². The molecule has 2 aromatic carbocycles. The van der Waals surface area contributed by atoms with Crippen LogP contribution in [0.3, 0.4) is 0 Å². The van der Waals surface area contributed by atoms with Gasteiger partial charge in [0.2, 0.25) is 5.91 Å². The number of hydrogen-bond acceptors (Lipinski definition) is 4. The molecule has 3 aromatic rings. The summed E-state index contributed by atoms with van der Waals surface area (Å²) in [6.45, 7) is 1.90. The van der Waals surface area contributed by atoms with Gasteiger partial charge in [0.15, 0.2) is 5.13 Å². The highest BCUT2D eigenvalue weighted by Crippen LogP contribution is 2.22. The summed E-state index contributed by atoms with van der Waals surface area (Å²) in [6.07, 6.45) is 0.160. The maximum absolute atomic E-state index is 12.9. The summed E-state index contributed by atoms with van der Waals surface area (Å²) in [5.74, 6) is -0.461. The number of halogens is 2. The molecule has 1 aromatic heterocycles. The fourth-order valence-corrected chi connectivity index (χ4v) is 3.05. The largest absolute Gasteiger partial charge is 0.332 e. The summed E-state index contributed by atoms with van der Waals surface area (Å²) in [4.78, 5) is 16.5. The Kier molecular flexibility index (Phi) is 5.31. The van der Waals surface area contributed by atoms with E-state index in [-0.39, 0.29) is 18.1 Å². The van der Waals surface area contributed by atoms with E-state index in [2.05, 4.69) is 15.6 Å². The van der Waals surface area contributed by atoms with Crippen LogP contribution >= 0.6 is 22.9 Å². The number of anilines is 3. The van der Waals surface area contributed by atoms with Gasteiger partial charge in [-0.15, -0.1) is 11.3 Å². The van der Waals surface area contributed by atoms with Crippen molar-refractivity contribution in [1.29, 1.82) is 0 Å². The Bertz CT molecular complexity index is 896. The van der Waals surface area contributed by atoms with Crippen molar-refractivity contribution < 1.29 is 9.18 Å². The maximum Gasteiger partial charge on any atom is 0.230 e. The molecule has 7 heteroatoms. The highest BCUT2D eigenvalue weighted by atomic mass is 35.5. The molecule has 25 heavy (non-hydrogen) atoms. The Balaban J connectivity index is 1.59. The second kappa shape index (κ2) is 7.63. The number of carbonyl (C=O) groups excluding carboxylic acids is 1. The quantitative estimate of drug-likeness (QED) is 0.646. The van der Waals surface area contributed by atoms with E-state index in [4.69, 9.17) is 11.6 Å². The van der Waals surface area contributed by atoms with Crippen LogP contribution in [0.1, 0.15) is 11.3 Å². The molecule has 0 bridgehead atoms. The Morgan fingerprint density at radius 2 is 1.92 bits per heavy atom. The molecule has 1 heterocycles. The number of amides is 1. The molecule has 0 saturated heterocycles. The minimum absolute atomic E-state index is 0.160. The molecule has 0 aliphatic carbocycles. The molecule has 128 valence electrons. The second-order valence-electron chi connectivity index (χ2n) is 5.46. The predicted molar refractivity (Wildman–Crippen MR) is 100 cm³/mol. The zero-order chi connectivity index (χ0) is 17.8. The van der Waals surface area contributed by atoms with E-state index < -0.39 is 0 Å². The van der Waals surface area contributed by atoms with Gasteiger partial charge in [0.25, 0.3) is 0 Å². The molecule has 4 nitrogen and oxygen atoms in total. The third-order valence-corrected chi connectivity index (χ3v) is 4.66. The first kappa shape index (κ1) is 17.4. The molecule has 3 rings (SSSR count). The van der Waals surface area contributed by atoms with Crippen molar-refractivity contribution in [3.05, 3.63) is 69.9 Å². The minimum Gasteiger partial charge on any atom is -0.332 e. The average molecular weight is 376 g/mol. The topological polar surface area (TPSA) is 54.0 Å². The summed E-state index contributed by atoms with van der Waals surface area (Å²) in [5, 5.41) is 8.95. The van der Waals surface area contributed by atoms with Gasteiger partial charge in [-0.2, -0.15) is 0 Å². The normalized spacial score (nSPS) is 10.5. The highest BCUT2D eigenvalue weighted by molar-refractivity contribution is 7.13. The number of nitrogens with zero attached hydrogens (tertiary/aromatic N) is 1. The fourth-order valence-electron chi connectivity index (χ4n) is 2.14. The zero-order valence-electron chi connectivity index (χ0n) is 13.3. The van der Waals surface area contributed by atoms with E-state index in [9.17, 15) is 9.18 Å². The van der Waals surface area contributed by atoms with Gasteiger partial charge in [0, 0.05) is 21.8 Å². The van der Waals surface area contributed by atoms with Gasteiger partial charge < -0.3 is 10.6 Å². The fraction of sp³-hybridized carbons (Fsp3) is 0.111. The van der Waals surface area contributed by atoms with Gasteiger partial charge in [-0.05, 0) is 48.9 Å². The van der Waals surface area contributed by atoms with Crippen LogP contribution in [-0.2, 0) is 11.2 Å². The number of aryl methyl sites for hydroxylation is 1. The molecule has 0 fully saturated rings. The van der Waals surface area contributed by atoms with Crippen molar-refractivity contribution in [2.24, 2.45) is 0 Å². The van der Waals surface area contributed by atoms with Crippen molar-refractivity contribution in [1.82, 2.24) is 4.98 Å². The molecule has 0 aliphatic heterocycles. The predicted octanol–water partition coefficient (Wildman–Crippen LogP) is 5.17. The Hall–Kier alpha value is -2.44. The van der Waals surface area contributed by atoms with E-state index in [1.165, 1.54) is 23.5 Å². The maximum atomic E-state index is 12.9. The van der Waals surface area contributed by atoms with Gasteiger partial charge in [0.1, 0.15) is 5.82 Å². The average Bonchev–Trinajstić information content (AvgIpc) is 3.00. The second-order valence-corrected chi connectivity index (χ2v) is 6.73. The van der Waals surface area contributed by atoms with E-state index >= 15 is 0 Å². The van der Waals surface area contributed by atoms with Gasteiger partial charge >= 0.3 is 0 Å². The number of hydrogen-bond donors (Lipinski definition) is 2. The molecule has 1 amide bonds. The molecule has 0 aliphatic rings. The number of benzene rings is 2. The van der Waals surface area contributed by atoms with Crippen LogP contribution < -0.4 is 10.6 Å². The lowest BCUT2D eigenvalue weighted by molar-refractivity contribution is -0.115. The van der Waals surface area contributed by atoms with Crippen LogP contribution in [0.15, 0.2) is 47.8 Å². The number of carbonyl (C=O) groups is 1. The van der Waals surface area contributed by atoms with Crippen LogP contribution in [-0.4, -0.2) is 10.9 Å². The monoisotopic (exact) mass is 375 g/mol. The standard InChI is InChI=1S/C18H15ClFN3OS/c1-11-2-5-14(8-16(11)19)21-17(24)9-15-10-25-18(23-15)22-13-6-3-12(20)4-7-13/h2-8,10H,9H2,1H3,(H,21,24)(H,22,23). The Morgan fingerprint density at radius 1 is 1.20 bits per heavy atom. The van der Waals surface area contributed by atoms with Crippen LogP contribution in [0, 0.1) is 12.7 Å². The molecule has 0 spiro atoms. The van der Waals surface area contributed by atoms with E-state index in [0.29, 0.717) is 21.5 Å². The van der Waals surface area contributed by atoms with Crippen molar-refractivity contribution in [3.8, 4) is 0 Å². The lowest BCUT2D eigenvalue weighted by atomic mass is 10.2. The highest BCUT2D eigenvalue weighted by Gasteiger charge is 2.09. The Labute approximate surface area is 153 Å². The minimum atomic E-state index is -0.293. The third kappa shape index (κ3) is 4.78. The van der Waals surface area contributed by atoms with Gasteiger partial charge in [-0.1, -0.05) is 17.7 Å². The van der Waals surface area contributed by atoms with E-state index in [0.717, 1.165) is 11.3 Å². The first-order valence-electron chi connectivity index (χ1n) is 7.52. The number of thiazole rings is 1. The molecular weight excluding hydrogens is 361 g/mol. The van der Waals surface area contributed by atoms with Crippen molar-refractivity contribution >= 4 is 45.4 Å². The van der Waals surface area contributed by atoms with Gasteiger partial charge in [-0.3, -0.25) is 4.79 Å². The van der Waals surface area contributed by atoms with Crippen LogP contribution in [0.5, 0.6) is 0 Å². The summed E-state index contributed by atoms with van der Waals surface area (Å²) in [7, 11) is 0. The van der Waals surface area contributed by atoms with Gasteiger partial charge in [0.05, 0.1) is 12.1 Å². The number of nitrogens with one attached hydrogen (secondary N) is 2. The molecule has 0 unspecified atom stereocenters. The van der Waals surface area contributed by atoms with Crippen LogP contribution in [0.4, 0.5) is 20.9 Å². The SMILES string of the molecule is Cc1ccc(NC(=O)Cc2csc(Nc3ccc(F)cc3)n2)cc1Cl. The summed E-state index contributed by atoms with van der Waals surface area (Å²) < 4.78 is 12.9. The zero-order valence-corrected chi connectivity index (χ0v) is 14.9. The smallest absolute Gasteiger partial charge is 0.230 e. The number of aromatic nitrogens is 1. The first-order valence-corrected chi connectivity index (χ1v) is 8.78. The van der Waals surface area contributed by atoms with Crippen LogP contribution in [0.2, 0.25) is 5.02 Å². The van der Waals surface area contributed by atoms with E-state index in [1.807, 2.05) is 24.4 Å². The van der Waals surface area contributed by atoms with Crippen molar-refractivity contribution in [2.45, 2.75) is 13.3 Å². The molecule has 2 N–H and O–H groups in total. The van der Waals surface area contributed by atoms with Crippen LogP contribution in [0.25, 0.3) is 0 Å². The molecule has 0 atom stereocenters. The molecular formula is C18H15ClFN3OS. The van der Waals surface area contributed by atoms with Crippen molar-refractivity contribution in [3.63, 3.8) is 0 Å². The van der Waals surface area contributed by atoms with Gasteiger partial charge in [-0.25, -0.2) is 9.37 Å². The first-order chi connectivity index (χ1) is 12.0. The summed E-state index contributed by atoms with van der Waals surface area (Å²) in [5.41, 5.74) is 3.00. The third-order valence-electron chi connectivity index (χ3n) is 3.44. The summed E-state index contributed by atoms with van der Waals surface area (Å²) in [6, 6.07) is 11.4. The lowest BCUT2D eigenvalue weighted by Gasteiger charge is -2.06. The Morgan fingerprint density at radius 3 is 2.64 bits per heavy atom. The van der Waals surface area contributed by atoms with Crippen molar-refractivity contribution in [2.75, 3.05) is 10.6 Å². The lowest BCUT2D eigenvalue weighted by Crippen LogP contribution is -2.14. The number of rotatable bonds is 5. The molecule has 0 radical (unpaired) electrons. The summed E-state index contributed by atoms with van der Waals surface area (Å²) >= 11 is 7.44.